The van der Waals surface area contributed by atoms with E-state index in [9.17, 15) is 0 Å². The highest BCUT2D eigenvalue weighted by Crippen LogP contribution is 2.64. The minimum Gasteiger partial charge on any atom is -0.419 e. The third kappa shape index (κ3) is 2.10. The van der Waals surface area contributed by atoms with Gasteiger partial charge in [-0.05, 0) is 73.4 Å². The van der Waals surface area contributed by atoms with Gasteiger partial charge in [0.2, 0.25) is 11.2 Å². The Morgan fingerprint density at radius 2 is 2.04 bits per heavy atom. The summed E-state index contributed by atoms with van der Waals surface area (Å²) in [5, 5.41) is 15.7. The molecule has 4 bridgehead atoms. The van der Waals surface area contributed by atoms with E-state index in [4.69, 9.17) is 16.0 Å². The van der Waals surface area contributed by atoms with Gasteiger partial charge in [-0.1, -0.05) is 6.07 Å². The molecule has 26 heavy (non-hydrogen) atoms. The Labute approximate surface area is 159 Å². The zero-order valence-electron chi connectivity index (χ0n) is 14.1. The Morgan fingerprint density at radius 3 is 2.73 bits per heavy atom. The van der Waals surface area contributed by atoms with Gasteiger partial charge in [-0.3, -0.25) is 0 Å². The van der Waals surface area contributed by atoms with Gasteiger partial charge in [0, 0.05) is 0 Å². The molecule has 4 aliphatic rings. The second-order valence-electron chi connectivity index (χ2n) is 8.31. The molecule has 4 fully saturated rings. The van der Waals surface area contributed by atoms with Crippen LogP contribution < -0.4 is 0 Å². The largest absolute Gasteiger partial charge is 0.419 e. The van der Waals surface area contributed by atoms with Crippen molar-refractivity contribution in [2.24, 2.45) is 11.8 Å². The lowest BCUT2D eigenvalue weighted by atomic mass is 9.47. The topological polar surface area (TPSA) is 69.6 Å². The van der Waals surface area contributed by atoms with E-state index in [2.05, 4.69) is 20.3 Å². The van der Waals surface area contributed by atoms with Gasteiger partial charge in [0.15, 0.2) is 0 Å². The summed E-state index contributed by atoms with van der Waals surface area (Å²) in [5.74, 6) is 2.81. The third-order valence-corrected chi connectivity index (χ3v) is 7.62. The standard InChI is InChI=1S/C18H18ClN5OS/c19-16-20-10-24(23-16)18-7-11-4-12(8-18)6-17(5-11,9-18)15-22-21-14(25-15)13-2-1-3-26-13/h1-3,10-12H,4-9H2. The maximum atomic E-state index is 6.22. The summed E-state index contributed by atoms with van der Waals surface area (Å²) in [6.07, 6.45) is 8.66. The fourth-order valence-corrected chi connectivity index (χ4v) is 6.91. The first kappa shape index (κ1) is 15.3. The van der Waals surface area contributed by atoms with Crippen molar-refractivity contribution in [3.63, 3.8) is 0 Å². The highest BCUT2D eigenvalue weighted by Gasteiger charge is 2.61. The van der Waals surface area contributed by atoms with Crippen molar-refractivity contribution in [3.05, 3.63) is 35.0 Å². The molecule has 0 aliphatic heterocycles. The van der Waals surface area contributed by atoms with Crippen molar-refractivity contribution in [2.75, 3.05) is 0 Å². The number of aromatic nitrogens is 5. The normalized spacial score (nSPS) is 35.3. The molecule has 2 atom stereocenters. The van der Waals surface area contributed by atoms with E-state index in [0.717, 1.165) is 42.9 Å². The van der Waals surface area contributed by atoms with Gasteiger partial charge in [-0.15, -0.1) is 26.6 Å². The number of hydrogen-bond acceptors (Lipinski definition) is 6. The zero-order chi connectivity index (χ0) is 17.4. The van der Waals surface area contributed by atoms with Crippen molar-refractivity contribution in [3.8, 4) is 10.8 Å². The third-order valence-electron chi connectivity index (χ3n) is 6.59. The molecular weight excluding hydrogens is 370 g/mol. The van der Waals surface area contributed by atoms with Gasteiger partial charge < -0.3 is 4.42 Å². The first-order chi connectivity index (χ1) is 12.6. The van der Waals surface area contributed by atoms with Crippen LogP contribution in [-0.4, -0.2) is 25.0 Å². The monoisotopic (exact) mass is 387 g/mol. The Kier molecular flexibility index (Phi) is 3.05. The molecule has 0 aromatic carbocycles. The molecule has 0 saturated heterocycles. The van der Waals surface area contributed by atoms with Crippen molar-refractivity contribution in [1.29, 1.82) is 0 Å². The molecule has 134 valence electrons. The van der Waals surface area contributed by atoms with Gasteiger partial charge in [-0.2, -0.15) is 0 Å². The lowest BCUT2D eigenvalue weighted by Gasteiger charge is -2.60. The molecule has 3 aromatic heterocycles. The number of thiophene rings is 1. The molecule has 0 N–H and O–H groups in total. The number of nitrogens with zero attached hydrogens (tertiary/aromatic N) is 5. The van der Waals surface area contributed by atoms with Gasteiger partial charge in [0.05, 0.1) is 15.8 Å². The smallest absolute Gasteiger partial charge is 0.257 e. The predicted octanol–water partition coefficient (Wildman–Crippen LogP) is 4.29. The SMILES string of the molecule is Clc1ncn(C23CC4CC(CC(c5nnc(-c6cccs6)o5)(C4)C2)C3)n1. The summed E-state index contributed by atoms with van der Waals surface area (Å²) in [7, 11) is 0. The van der Waals surface area contributed by atoms with Crippen LogP contribution in [0.2, 0.25) is 5.28 Å². The number of hydrogen-bond donors (Lipinski definition) is 0. The van der Waals surface area contributed by atoms with Crippen LogP contribution in [0.25, 0.3) is 10.8 Å². The highest BCUT2D eigenvalue weighted by molar-refractivity contribution is 7.13. The van der Waals surface area contributed by atoms with Crippen LogP contribution in [0.3, 0.4) is 0 Å². The molecule has 4 aliphatic carbocycles. The molecule has 6 nitrogen and oxygen atoms in total. The molecule has 4 saturated carbocycles. The quantitative estimate of drug-likeness (QED) is 0.670. The summed E-state index contributed by atoms with van der Waals surface area (Å²) in [6, 6.07) is 4.04. The van der Waals surface area contributed by atoms with E-state index < -0.39 is 0 Å². The van der Waals surface area contributed by atoms with Gasteiger partial charge >= 0.3 is 0 Å². The first-order valence-electron chi connectivity index (χ1n) is 9.10. The van der Waals surface area contributed by atoms with Gasteiger partial charge in [0.25, 0.3) is 5.89 Å². The minimum absolute atomic E-state index is 0.0121. The second kappa shape index (κ2) is 5.16. The minimum atomic E-state index is -0.0367. The Balaban J connectivity index is 1.43. The van der Waals surface area contributed by atoms with Crippen LogP contribution in [0.1, 0.15) is 44.4 Å². The maximum Gasteiger partial charge on any atom is 0.257 e. The highest BCUT2D eigenvalue weighted by atomic mass is 35.5. The zero-order valence-corrected chi connectivity index (χ0v) is 15.7. The van der Waals surface area contributed by atoms with Crippen molar-refractivity contribution >= 4 is 22.9 Å². The van der Waals surface area contributed by atoms with Crippen LogP contribution >= 0.6 is 22.9 Å². The molecule has 3 aromatic rings. The van der Waals surface area contributed by atoms with Crippen LogP contribution in [-0.2, 0) is 11.0 Å². The Bertz CT molecular complexity index is 950. The summed E-state index contributed by atoms with van der Waals surface area (Å²) in [4.78, 5) is 5.21. The van der Waals surface area contributed by atoms with E-state index in [-0.39, 0.29) is 11.0 Å². The van der Waals surface area contributed by atoms with Crippen LogP contribution in [0.4, 0.5) is 0 Å². The molecule has 0 spiro atoms. The fraction of sp³-hybridized carbons (Fsp3) is 0.556. The lowest BCUT2D eigenvalue weighted by Crippen LogP contribution is -2.58. The second-order valence-corrected chi connectivity index (χ2v) is 9.60. The molecular formula is C18H18ClN5OS. The molecule has 0 amide bonds. The van der Waals surface area contributed by atoms with E-state index >= 15 is 0 Å². The predicted molar refractivity (Wildman–Crippen MR) is 97.0 cm³/mol. The summed E-state index contributed by atoms with van der Waals surface area (Å²) in [5.41, 5.74) is -0.0488. The lowest BCUT2D eigenvalue weighted by molar-refractivity contribution is -0.0772. The van der Waals surface area contributed by atoms with E-state index in [1.54, 1.807) is 17.7 Å². The first-order valence-corrected chi connectivity index (χ1v) is 10.4. The van der Waals surface area contributed by atoms with E-state index in [1.165, 1.54) is 6.42 Å². The average molecular weight is 388 g/mol. The molecule has 7 rings (SSSR count). The average Bonchev–Trinajstić information content (AvgIpc) is 3.35. The molecule has 3 heterocycles. The van der Waals surface area contributed by atoms with Crippen LogP contribution in [0.5, 0.6) is 0 Å². The summed E-state index contributed by atoms with van der Waals surface area (Å²) >= 11 is 7.66. The Hall–Kier alpha value is -1.73. The van der Waals surface area contributed by atoms with E-state index in [1.807, 2.05) is 22.2 Å². The number of halogens is 1. The van der Waals surface area contributed by atoms with Gasteiger partial charge in [-0.25, -0.2) is 9.67 Å². The number of rotatable bonds is 3. The van der Waals surface area contributed by atoms with Gasteiger partial charge in [0.1, 0.15) is 6.33 Å². The van der Waals surface area contributed by atoms with Crippen LogP contribution in [0, 0.1) is 11.8 Å². The summed E-state index contributed by atoms with van der Waals surface area (Å²) < 4.78 is 8.24. The maximum absolute atomic E-state index is 6.22. The molecule has 8 heteroatoms. The Morgan fingerprint density at radius 1 is 1.19 bits per heavy atom. The van der Waals surface area contributed by atoms with Crippen molar-refractivity contribution in [1.82, 2.24) is 25.0 Å². The molecule has 2 unspecified atom stereocenters. The van der Waals surface area contributed by atoms with Crippen LogP contribution in [0.15, 0.2) is 28.3 Å². The van der Waals surface area contributed by atoms with Crippen molar-refractivity contribution < 1.29 is 4.42 Å². The van der Waals surface area contributed by atoms with Crippen molar-refractivity contribution in [2.45, 2.75) is 49.5 Å². The molecule has 0 radical (unpaired) electrons. The summed E-state index contributed by atoms with van der Waals surface area (Å²) in [6.45, 7) is 0. The fourth-order valence-electron chi connectivity index (χ4n) is 6.14. The van der Waals surface area contributed by atoms with E-state index in [0.29, 0.717) is 23.0 Å².